The van der Waals surface area contributed by atoms with E-state index in [2.05, 4.69) is 55.9 Å². The second kappa shape index (κ2) is 13.6. The van der Waals surface area contributed by atoms with Gasteiger partial charge in [0.05, 0.1) is 0 Å². The molecule has 5 nitrogen and oxygen atoms in total. The van der Waals surface area contributed by atoms with Crippen LogP contribution in [0.2, 0.25) is 0 Å². The Hall–Kier alpha value is -3.12. The fourth-order valence-corrected chi connectivity index (χ4v) is 4.53. The van der Waals surface area contributed by atoms with E-state index < -0.39 is 6.04 Å². The van der Waals surface area contributed by atoms with E-state index in [0.29, 0.717) is 24.6 Å². The summed E-state index contributed by atoms with van der Waals surface area (Å²) in [5, 5.41) is 3.05. The number of hydrogen-bond acceptors (Lipinski definition) is 3. The summed E-state index contributed by atoms with van der Waals surface area (Å²) in [4.78, 5) is 28.9. The van der Waals surface area contributed by atoms with Crippen LogP contribution in [0.15, 0.2) is 83.3 Å². The molecular formula is C32H39BrN2O3. The fourth-order valence-electron chi connectivity index (χ4n) is 4.09. The van der Waals surface area contributed by atoms with E-state index in [-0.39, 0.29) is 30.4 Å². The number of nitrogens with one attached hydrogen (secondary N) is 1. The zero-order chi connectivity index (χ0) is 27.7. The lowest BCUT2D eigenvalue weighted by molar-refractivity contribution is -0.142. The second-order valence-corrected chi connectivity index (χ2v) is 12.0. The largest absolute Gasteiger partial charge is 0.484 e. The van der Waals surface area contributed by atoms with Crippen LogP contribution < -0.4 is 10.1 Å². The van der Waals surface area contributed by atoms with E-state index in [9.17, 15) is 9.59 Å². The molecule has 202 valence electrons. The van der Waals surface area contributed by atoms with Crippen LogP contribution in [0.25, 0.3) is 0 Å². The SMILES string of the molecule is CC(C)CNC(=O)[C@H](Cc1ccccc1)N(Cc1cccc(Br)c1)C(=O)COc1ccc(C(C)(C)C)cc1. The monoisotopic (exact) mass is 578 g/mol. The normalized spacial score (nSPS) is 12.2. The number of halogens is 1. The van der Waals surface area contributed by atoms with Gasteiger partial charge in [0.25, 0.3) is 5.91 Å². The van der Waals surface area contributed by atoms with E-state index in [1.807, 2.05) is 78.9 Å². The number of carbonyl (C=O) groups excluding carboxylic acids is 2. The highest BCUT2D eigenvalue weighted by Gasteiger charge is 2.31. The van der Waals surface area contributed by atoms with Gasteiger partial charge in [-0.25, -0.2) is 0 Å². The third-order valence-electron chi connectivity index (χ3n) is 6.28. The molecule has 0 aromatic heterocycles. The molecule has 1 atom stereocenters. The number of rotatable bonds is 11. The second-order valence-electron chi connectivity index (χ2n) is 11.1. The number of carbonyl (C=O) groups is 2. The van der Waals surface area contributed by atoms with E-state index in [0.717, 1.165) is 15.6 Å². The van der Waals surface area contributed by atoms with E-state index in [1.165, 1.54) is 5.56 Å². The minimum atomic E-state index is -0.686. The van der Waals surface area contributed by atoms with Gasteiger partial charge >= 0.3 is 0 Å². The molecule has 0 fully saturated rings. The van der Waals surface area contributed by atoms with Crippen molar-refractivity contribution in [2.45, 2.75) is 59.0 Å². The van der Waals surface area contributed by atoms with Crippen molar-refractivity contribution < 1.29 is 14.3 Å². The van der Waals surface area contributed by atoms with Gasteiger partial charge in [0, 0.05) is 24.0 Å². The highest BCUT2D eigenvalue weighted by molar-refractivity contribution is 9.10. The van der Waals surface area contributed by atoms with E-state index >= 15 is 0 Å². The number of benzene rings is 3. The summed E-state index contributed by atoms with van der Waals surface area (Å²) < 4.78 is 6.84. The van der Waals surface area contributed by atoms with Gasteiger partial charge in [-0.2, -0.15) is 0 Å². The van der Waals surface area contributed by atoms with Crippen LogP contribution >= 0.6 is 15.9 Å². The first-order valence-corrected chi connectivity index (χ1v) is 13.9. The standard InChI is InChI=1S/C32H39BrN2O3/c1-23(2)20-34-31(37)29(19-24-10-7-6-8-11-24)35(21-25-12-9-13-27(33)18-25)30(36)22-38-28-16-14-26(15-17-28)32(3,4)5/h6-18,23,29H,19-22H2,1-5H3,(H,34,37)/t29-/m0/s1. The zero-order valence-corrected chi connectivity index (χ0v) is 24.6. The number of ether oxygens (including phenoxy) is 1. The summed E-state index contributed by atoms with van der Waals surface area (Å²) >= 11 is 3.52. The Morgan fingerprint density at radius 2 is 1.58 bits per heavy atom. The smallest absolute Gasteiger partial charge is 0.261 e. The molecule has 0 spiro atoms. The Morgan fingerprint density at radius 1 is 0.921 bits per heavy atom. The van der Waals surface area contributed by atoms with Gasteiger partial charge in [-0.05, 0) is 52.3 Å². The van der Waals surface area contributed by atoms with Crippen molar-refractivity contribution in [1.82, 2.24) is 10.2 Å². The quantitative estimate of drug-likeness (QED) is 0.281. The van der Waals surface area contributed by atoms with Gasteiger partial charge < -0.3 is 15.0 Å². The summed E-state index contributed by atoms with van der Waals surface area (Å²) in [6.07, 6.45) is 0.408. The molecule has 0 radical (unpaired) electrons. The molecule has 0 aliphatic heterocycles. The molecular weight excluding hydrogens is 540 g/mol. The number of hydrogen-bond donors (Lipinski definition) is 1. The molecule has 3 aromatic rings. The molecule has 0 aliphatic rings. The average Bonchev–Trinajstić information content (AvgIpc) is 2.88. The lowest BCUT2D eigenvalue weighted by Gasteiger charge is -2.31. The average molecular weight is 580 g/mol. The lowest BCUT2D eigenvalue weighted by Crippen LogP contribution is -2.52. The van der Waals surface area contributed by atoms with E-state index in [1.54, 1.807) is 4.90 Å². The predicted octanol–water partition coefficient (Wildman–Crippen LogP) is 6.54. The molecule has 0 saturated carbocycles. The van der Waals surface area contributed by atoms with Crippen LogP contribution in [0.3, 0.4) is 0 Å². The summed E-state index contributed by atoms with van der Waals surface area (Å²) in [7, 11) is 0. The Kier molecular flexibility index (Phi) is 10.5. The minimum Gasteiger partial charge on any atom is -0.484 e. The van der Waals surface area contributed by atoms with Crippen LogP contribution in [0, 0.1) is 5.92 Å². The van der Waals surface area contributed by atoms with Crippen LogP contribution in [0.5, 0.6) is 5.75 Å². The minimum absolute atomic E-state index is 0.0309. The van der Waals surface area contributed by atoms with Crippen LogP contribution in [-0.4, -0.2) is 35.9 Å². The maximum absolute atomic E-state index is 13.7. The van der Waals surface area contributed by atoms with Crippen molar-refractivity contribution in [3.63, 3.8) is 0 Å². The van der Waals surface area contributed by atoms with Crippen molar-refractivity contribution >= 4 is 27.7 Å². The van der Waals surface area contributed by atoms with Gasteiger partial charge in [0.1, 0.15) is 11.8 Å². The summed E-state index contributed by atoms with van der Waals surface area (Å²) in [6, 6.07) is 24.8. The molecule has 0 aliphatic carbocycles. The Labute approximate surface area is 235 Å². The molecule has 0 unspecified atom stereocenters. The van der Waals surface area contributed by atoms with Crippen LogP contribution in [-0.2, 0) is 28.0 Å². The van der Waals surface area contributed by atoms with Crippen LogP contribution in [0.1, 0.15) is 51.3 Å². The summed E-state index contributed by atoms with van der Waals surface area (Å²) in [6.45, 7) is 11.2. The summed E-state index contributed by atoms with van der Waals surface area (Å²) in [5.74, 6) is 0.508. The Morgan fingerprint density at radius 3 is 2.18 bits per heavy atom. The maximum atomic E-state index is 13.7. The molecule has 3 aromatic carbocycles. The fraction of sp³-hybridized carbons (Fsp3) is 0.375. The molecule has 1 N–H and O–H groups in total. The van der Waals surface area contributed by atoms with Gasteiger partial charge in [-0.15, -0.1) is 0 Å². The first-order valence-electron chi connectivity index (χ1n) is 13.1. The third-order valence-corrected chi connectivity index (χ3v) is 6.77. The van der Waals surface area contributed by atoms with E-state index in [4.69, 9.17) is 4.74 Å². The molecule has 0 saturated heterocycles. The highest BCUT2D eigenvalue weighted by atomic mass is 79.9. The van der Waals surface area contributed by atoms with Crippen molar-refractivity contribution in [2.24, 2.45) is 5.92 Å². The van der Waals surface area contributed by atoms with Crippen molar-refractivity contribution in [1.29, 1.82) is 0 Å². The molecule has 38 heavy (non-hydrogen) atoms. The first kappa shape index (κ1) is 29.4. The van der Waals surface area contributed by atoms with Crippen molar-refractivity contribution in [3.8, 4) is 5.75 Å². The molecule has 0 bridgehead atoms. The maximum Gasteiger partial charge on any atom is 0.261 e. The highest BCUT2D eigenvalue weighted by Crippen LogP contribution is 2.24. The Balaban J connectivity index is 1.87. The van der Waals surface area contributed by atoms with Gasteiger partial charge in [-0.3, -0.25) is 9.59 Å². The zero-order valence-electron chi connectivity index (χ0n) is 23.0. The van der Waals surface area contributed by atoms with Crippen molar-refractivity contribution in [3.05, 3.63) is 100 Å². The number of nitrogens with zero attached hydrogens (tertiary/aromatic N) is 1. The topological polar surface area (TPSA) is 58.6 Å². The van der Waals surface area contributed by atoms with Crippen LogP contribution in [0.4, 0.5) is 0 Å². The van der Waals surface area contributed by atoms with Gasteiger partial charge in [-0.1, -0.05) is 105 Å². The van der Waals surface area contributed by atoms with Gasteiger partial charge in [0.2, 0.25) is 5.91 Å². The number of amides is 2. The third kappa shape index (κ3) is 9.02. The predicted molar refractivity (Wildman–Crippen MR) is 157 cm³/mol. The Bertz CT molecular complexity index is 1190. The lowest BCUT2D eigenvalue weighted by atomic mass is 9.87. The molecule has 3 rings (SSSR count). The molecule has 0 heterocycles. The van der Waals surface area contributed by atoms with Crippen molar-refractivity contribution in [2.75, 3.05) is 13.2 Å². The first-order chi connectivity index (χ1) is 18.0. The summed E-state index contributed by atoms with van der Waals surface area (Å²) in [5.41, 5.74) is 3.14. The molecule has 6 heteroatoms. The van der Waals surface area contributed by atoms with Gasteiger partial charge in [0.15, 0.2) is 6.61 Å². The molecule has 2 amide bonds.